The molecule has 4 rings (SSSR count). The summed E-state index contributed by atoms with van der Waals surface area (Å²) >= 11 is 0. The maximum absolute atomic E-state index is 6.60. The first-order valence-electron chi connectivity index (χ1n) is 12.6. The van der Waals surface area contributed by atoms with E-state index in [4.69, 9.17) is 8.85 Å². The Morgan fingerprint density at radius 2 is 0.966 bits per heavy atom. The van der Waals surface area contributed by atoms with Gasteiger partial charge in [0.1, 0.15) is 0 Å². The largest absolute Gasteiger partial charge is 0.522 e. The second-order valence-electron chi connectivity index (χ2n) is 11.0. The Morgan fingerprint density at radius 3 is 1.34 bits per heavy atom. The van der Waals surface area contributed by atoms with Crippen molar-refractivity contribution in [2.24, 2.45) is 35.5 Å². The van der Waals surface area contributed by atoms with Crippen molar-refractivity contribution in [3.63, 3.8) is 0 Å². The van der Waals surface area contributed by atoms with Gasteiger partial charge in [0, 0.05) is 26.3 Å². The summed E-state index contributed by atoms with van der Waals surface area (Å²) in [4.78, 5) is 0. The molecular weight excluding hydrogens is 376 g/mol. The van der Waals surface area contributed by atoms with Crippen LogP contribution in [0.3, 0.4) is 0 Å². The second kappa shape index (κ2) is 8.89. The second-order valence-corrected chi connectivity index (χ2v) is 14.1. The number of hydrogen-bond acceptors (Lipinski definition) is 4. The lowest BCUT2D eigenvalue weighted by Crippen LogP contribution is -2.78. The molecular formula is C24H46N2O2Si. The summed E-state index contributed by atoms with van der Waals surface area (Å²) in [5, 5.41) is 0. The van der Waals surface area contributed by atoms with Crippen molar-refractivity contribution in [2.75, 3.05) is 27.3 Å². The van der Waals surface area contributed by atoms with Crippen LogP contribution in [-0.4, -0.2) is 57.4 Å². The van der Waals surface area contributed by atoms with Gasteiger partial charge in [0.15, 0.2) is 0 Å². The summed E-state index contributed by atoms with van der Waals surface area (Å²) in [6, 6.07) is 1.27. The Bertz CT molecular complexity index is 513. The number of hydrogen-bond donors (Lipinski definition) is 0. The average Bonchev–Trinajstić information content (AvgIpc) is 2.75. The highest BCUT2D eigenvalue weighted by atomic mass is 28.4. The molecule has 0 aromatic heterocycles. The molecule has 0 spiro atoms. The number of fused-ring (bicyclic) bond motifs is 2. The van der Waals surface area contributed by atoms with Gasteiger partial charge in [0.05, 0.1) is 0 Å². The standard InChI is InChI=1S/C24H46N2O2Si/c1-17-11-13-19(3)23-21(17)9-7-15-25(23)29(27-5,28-6)26-16-8-10-22-18(2)12-14-20(4)24(22)26/h17-24H,7-16H2,1-6H3. The highest BCUT2D eigenvalue weighted by molar-refractivity contribution is 6.61. The van der Waals surface area contributed by atoms with Crippen molar-refractivity contribution in [2.45, 2.75) is 91.1 Å². The maximum Gasteiger partial charge on any atom is 0.522 e. The van der Waals surface area contributed by atoms with Crippen LogP contribution in [0.15, 0.2) is 0 Å². The molecule has 2 saturated heterocycles. The first-order valence-corrected chi connectivity index (χ1v) is 14.3. The lowest BCUT2D eigenvalue weighted by Gasteiger charge is -2.60. The Hall–Kier alpha value is 0.0569. The quantitative estimate of drug-likeness (QED) is 0.595. The smallest absolute Gasteiger partial charge is 0.374 e. The van der Waals surface area contributed by atoms with Gasteiger partial charge in [-0.2, -0.15) is 0 Å². The molecule has 29 heavy (non-hydrogen) atoms. The first-order chi connectivity index (χ1) is 13.9. The van der Waals surface area contributed by atoms with E-state index < -0.39 is 8.88 Å². The van der Waals surface area contributed by atoms with E-state index in [1.54, 1.807) is 0 Å². The Kier molecular flexibility index (Phi) is 6.83. The molecule has 4 fully saturated rings. The summed E-state index contributed by atoms with van der Waals surface area (Å²) < 4.78 is 18.8. The van der Waals surface area contributed by atoms with E-state index in [2.05, 4.69) is 36.8 Å². The van der Waals surface area contributed by atoms with E-state index in [0.29, 0.717) is 12.1 Å². The molecule has 0 aromatic rings. The van der Waals surface area contributed by atoms with Gasteiger partial charge in [-0.15, -0.1) is 0 Å². The van der Waals surface area contributed by atoms with Crippen LogP contribution in [0.2, 0.25) is 0 Å². The molecule has 4 aliphatic rings. The molecule has 168 valence electrons. The van der Waals surface area contributed by atoms with Gasteiger partial charge in [-0.3, -0.25) is 9.13 Å². The van der Waals surface area contributed by atoms with E-state index in [0.717, 1.165) is 48.6 Å². The van der Waals surface area contributed by atoms with Crippen LogP contribution in [-0.2, 0) is 8.85 Å². The summed E-state index contributed by atoms with van der Waals surface area (Å²) in [6.45, 7) is 12.3. The van der Waals surface area contributed by atoms with Crippen molar-refractivity contribution in [1.29, 1.82) is 0 Å². The highest BCUT2D eigenvalue weighted by Crippen LogP contribution is 2.48. The molecule has 0 aromatic carbocycles. The molecule has 8 unspecified atom stereocenters. The highest BCUT2D eigenvalue weighted by Gasteiger charge is 2.61. The van der Waals surface area contributed by atoms with Crippen molar-refractivity contribution in [3.8, 4) is 0 Å². The fourth-order valence-electron chi connectivity index (χ4n) is 8.00. The summed E-state index contributed by atoms with van der Waals surface area (Å²) in [5.41, 5.74) is 0. The van der Waals surface area contributed by atoms with Crippen LogP contribution in [0.4, 0.5) is 0 Å². The van der Waals surface area contributed by atoms with Crippen molar-refractivity contribution < 1.29 is 8.85 Å². The molecule has 8 atom stereocenters. The first kappa shape index (κ1) is 22.3. The summed E-state index contributed by atoms with van der Waals surface area (Å²) in [6.07, 6.45) is 10.9. The lowest BCUT2D eigenvalue weighted by atomic mass is 9.68. The predicted molar refractivity (Wildman–Crippen MR) is 121 cm³/mol. The third-order valence-corrected chi connectivity index (χ3v) is 13.1. The zero-order valence-corrected chi connectivity index (χ0v) is 20.9. The van der Waals surface area contributed by atoms with Crippen LogP contribution < -0.4 is 0 Å². The van der Waals surface area contributed by atoms with Crippen LogP contribution in [0.5, 0.6) is 0 Å². The van der Waals surface area contributed by atoms with Gasteiger partial charge in [-0.25, -0.2) is 0 Å². The molecule has 2 aliphatic carbocycles. The topological polar surface area (TPSA) is 24.9 Å². The molecule has 0 bridgehead atoms. The fourth-order valence-corrected chi connectivity index (χ4v) is 12.0. The Balaban J connectivity index is 1.71. The number of rotatable bonds is 4. The zero-order valence-electron chi connectivity index (χ0n) is 19.9. The molecule has 2 aliphatic heterocycles. The minimum Gasteiger partial charge on any atom is -0.374 e. The van der Waals surface area contributed by atoms with Crippen molar-refractivity contribution >= 4 is 8.88 Å². The van der Waals surface area contributed by atoms with E-state index in [1.807, 2.05) is 14.2 Å². The van der Waals surface area contributed by atoms with Gasteiger partial charge < -0.3 is 8.85 Å². The van der Waals surface area contributed by atoms with Crippen LogP contribution in [0.1, 0.15) is 79.1 Å². The SMILES string of the molecule is CO[Si](OC)(N1CCCC2C(C)CCC(C)C21)N1CCCC2C(C)CCC(C)C21. The third kappa shape index (κ3) is 3.67. The van der Waals surface area contributed by atoms with Gasteiger partial charge in [-0.1, -0.05) is 40.5 Å². The molecule has 0 amide bonds. The Morgan fingerprint density at radius 1 is 0.586 bits per heavy atom. The van der Waals surface area contributed by atoms with Crippen molar-refractivity contribution in [1.82, 2.24) is 9.13 Å². The van der Waals surface area contributed by atoms with Gasteiger partial charge in [0.2, 0.25) is 0 Å². The van der Waals surface area contributed by atoms with E-state index in [-0.39, 0.29) is 0 Å². The summed E-state index contributed by atoms with van der Waals surface area (Å²) in [5.74, 6) is 4.79. The Labute approximate surface area is 181 Å². The van der Waals surface area contributed by atoms with Gasteiger partial charge in [-0.05, 0) is 87.1 Å². The van der Waals surface area contributed by atoms with Gasteiger partial charge >= 0.3 is 8.88 Å². The monoisotopic (exact) mass is 422 g/mol. The van der Waals surface area contributed by atoms with E-state index in [9.17, 15) is 0 Å². The fraction of sp³-hybridized carbons (Fsp3) is 1.00. The van der Waals surface area contributed by atoms with Gasteiger partial charge in [0.25, 0.3) is 0 Å². The van der Waals surface area contributed by atoms with E-state index >= 15 is 0 Å². The third-order valence-electron chi connectivity index (χ3n) is 9.51. The zero-order chi connectivity index (χ0) is 20.8. The number of nitrogens with zero attached hydrogens (tertiary/aromatic N) is 2. The normalized spacial score (nSPS) is 44.9. The molecule has 5 heteroatoms. The predicted octanol–water partition coefficient (Wildman–Crippen LogP) is 5.01. The van der Waals surface area contributed by atoms with Crippen LogP contribution in [0.25, 0.3) is 0 Å². The summed E-state index contributed by atoms with van der Waals surface area (Å²) in [7, 11) is 1.28. The molecule has 2 saturated carbocycles. The minimum atomic E-state index is -2.63. The van der Waals surface area contributed by atoms with Crippen LogP contribution in [0, 0.1) is 35.5 Å². The molecule has 4 nitrogen and oxygen atoms in total. The maximum atomic E-state index is 6.60. The minimum absolute atomic E-state index is 0.635. The van der Waals surface area contributed by atoms with Crippen molar-refractivity contribution in [3.05, 3.63) is 0 Å². The lowest BCUT2D eigenvalue weighted by molar-refractivity contribution is -0.0492. The molecule has 2 heterocycles. The van der Waals surface area contributed by atoms with E-state index in [1.165, 1.54) is 51.4 Å². The molecule has 0 N–H and O–H groups in total. The average molecular weight is 423 g/mol. The van der Waals surface area contributed by atoms with Crippen LogP contribution >= 0.6 is 0 Å². The number of piperidine rings is 2. The molecule has 0 radical (unpaired) electrons.